The van der Waals surface area contributed by atoms with Crippen LogP contribution in [0.1, 0.15) is 11.1 Å². The standard InChI is InChI=1S/C10H11F3N/c1-14(2)7-8-4-3-5-9(6-8)10(11,12)13/h3-6H,1,7H2,2H3/q-1. The van der Waals surface area contributed by atoms with Crippen molar-refractivity contribution in [3.8, 4) is 0 Å². The highest BCUT2D eigenvalue weighted by atomic mass is 19.4. The smallest absolute Gasteiger partial charge is 0.416 e. The van der Waals surface area contributed by atoms with Crippen LogP contribution in [-0.4, -0.2) is 11.9 Å². The van der Waals surface area contributed by atoms with Crippen molar-refractivity contribution in [3.05, 3.63) is 42.4 Å². The molecule has 4 heteroatoms. The third-order valence-electron chi connectivity index (χ3n) is 1.71. The van der Waals surface area contributed by atoms with E-state index in [4.69, 9.17) is 0 Å². The van der Waals surface area contributed by atoms with E-state index < -0.39 is 11.7 Å². The minimum absolute atomic E-state index is 0.407. The third kappa shape index (κ3) is 3.03. The quantitative estimate of drug-likeness (QED) is 0.666. The van der Waals surface area contributed by atoms with Crippen molar-refractivity contribution < 1.29 is 13.2 Å². The van der Waals surface area contributed by atoms with Gasteiger partial charge in [0.05, 0.1) is 5.56 Å². The van der Waals surface area contributed by atoms with Crippen LogP contribution in [-0.2, 0) is 12.7 Å². The van der Waals surface area contributed by atoms with Crippen LogP contribution < -0.4 is 0 Å². The fourth-order valence-electron chi connectivity index (χ4n) is 1.16. The van der Waals surface area contributed by atoms with Gasteiger partial charge in [-0.3, -0.25) is 7.05 Å². The summed E-state index contributed by atoms with van der Waals surface area (Å²) in [6.07, 6.45) is -4.27. The summed E-state index contributed by atoms with van der Waals surface area (Å²) in [5.41, 5.74) is -0.00539. The van der Waals surface area contributed by atoms with Crippen molar-refractivity contribution in [1.82, 2.24) is 4.90 Å². The van der Waals surface area contributed by atoms with E-state index in [1.807, 2.05) is 0 Å². The molecule has 0 N–H and O–H groups in total. The summed E-state index contributed by atoms with van der Waals surface area (Å²) in [5.74, 6) is 0. The summed E-state index contributed by atoms with van der Waals surface area (Å²) >= 11 is 0. The van der Waals surface area contributed by atoms with Crippen LogP contribution >= 0.6 is 0 Å². The Kier molecular flexibility index (Phi) is 3.16. The molecule has 0 aromatic heterocycles. The van der Waals surface area contributed by atoms with Gasteiger partial charge in [-0.15, -0.1) is 0 Å². The molecule has 0 spiro atoms. The number of hydrogen-bond acceptors (Lipinski definition) is 1. The molecule has 0 heterocycles. The lowest BCUT2D eigenvalue weighted by Crippen LogP contribution is -2.10. The predicted octanol–water partition coefficient (Wildman–Crippen LogP) is 2.93. The predicted molar refractivity (Wildman–Crippen MR) is 48.3 cm³/mol. The van der Waals surface area contributed by atoms with Gasteiger partial charge in [0.25, 0.3) is 0 Å². The van der Waals surface area contributed by atoms with Crippen molar-refractivity contribution >= 4 is 0 Å². The molecule has 0 bridgehead atoms. The van der Waals surface area contributed by atoms with Crippen LogP contribution in [0, 0.1) is 7.05 Å². The van der Waals surface area contributed by atoms with Crippen molar-refractivity contribution in [2.45, 2.75) is 12.7 Å². The minimum atomic E-state index is -4.27. The van der Waals surface area contributed by atoms with Gasteiger partial charge in [-0.25, -0.2) is 0 Å². The van der Waals surface area contributed by atoms with E-state index in [0.717, 1.165) is 12.1 Å². The maximum Gasteiger partial charge on any atom is 0.416 e. The molecule has 0 unspecified atom stereocenters. The van der Waals surface area contributed by atoms with E-state index in [1.165, 1.54) is 6.07 Å². The molecule has 1 nitrogen and oxygen atoms in total. The second-order valence-electron chi connectivity index (χ2n) is 3.21. The van der Waals surface area contributed by atoms with Gasteiger partial charge in [0.15, 0.2) is 0 Å². The molecule has 0 aliphatic carbocycles. The first-order chi connectivity index (χ1) is 6.39. The third-order valence-corrected chi connectivity index (χ3v) is 1.71. The summed E-state index contributed by atoms with van der Waals surface area (Å²) < 4.78 is 36.8. The molecule has 14 heavy (non-hydrogen) atoms. The fraction of sp³-hybridized carbons (Fsp3) is 0.300. The van der Waals surface area contributed by atoms with E-state index in [0.29, 0.717) is 12.1 Å². The SMILES string of the molecule is [CH2-]N(C)Cc1cccc(C(F)(F)F)c1. The molecule has 0 saturated heterocycles. The second kappa shape index (κ2) is 4.00. The molecule has 0 fully saturated rings. The van der Waals surface area contributed by atoms with Gasteiger partial charge < -0.3 is 4.90 Å². The van der Waals surface area contributed by atoms with Gasteiger partial charge in [-0.05, 0) is 25.2 Å². The van der Waals surface area contributed by atoms with Gasteiger partial charge in [-0.2, -0.15) is 13.2 Å². The molecular formula is C10H11F3N-. The monoisotopic (exact) mass is 202 g/mol. The first-order valence-electron chi connectivity index (χ1n) is 4.07. The number of hydrogen-bond donors (Lipinski definition) is 0. The number of benzene rings is 1. The number of nitrogens with zero attached hydrogens (tertiary/aromatic N) is 1. The minimum Gasteiger partial charge on any atom is -0.458 e. The Bertz CT molecular complexity index is 304. The Labute approximate surface area is 81.1 Å². The van der Waals surface area contributed by atoms with Crippen molar-refractivity contribution in [2.24, 2.45) is 0 Å². The maximum atomic E-state index is 12.3. The molecule has 0 atom stereocenters. The van der Waals surface area contributed by atoms with Crippen LogP contribution in [0.4, 0.5) is 13.2 Å². The zero-order valence-electron chi connectivity index (χ0n) is 7.80. The van der Waals surface area contributed by atoms with Crippen LogP contribution in [0.25, 0.3) is 0 Å². The van der Waals surface area contributed by atoms with Crippen molar-refractivity contribution in [2.75, 3.05) is 7.05 Å². The van der Waals surface area contributed by atoms with Gasteiger partial charge in [0, 0.05) is 0 Å². The van der Waals surface area contributed by atoms with Crippen LogP contribution in [0.15, 0.2) is 24.3 Å². The Morgan fingerprint density at radius 1 is 1.36 bits per heavy atom. The first kappa shape index (κ1) is 11.0. The molecule has 0 aliphatic rings. The Balaban J connectivity index is 2.90. The molecule has 1 rings (SSSR count). The van der Waals surface area contributed by atoms with Crippen LogP contribution in [0.2, 0.25) is 0 Å². The lowest BCUT2D eigenvalue weighted by Gasteiger charge is -2.18. The average molecular weight is 202 g/mol. The maximum absolute atomic E-state index is 12.3. The van der Waals surface area contributed by atoms with Gasteiger partial charge in [0.2, 0.25) is 0 Å². The van der Waals surface area contributed by atoms with Crippen LogP contribution in [0.5, 0.6) is 0 Å². The lowest BCUT2D eigenvalue weighted by molar-refractivity contribution is -0.137. The second-order valence-corrected chi connectivity index (χ2v) is 3.21. The number of halogens is 3. The van der Waals surface area contributed by atoms with E-state index >= 15 is 0 Å². The largest absolute Gasteiger partial charge is 0.458 e. The summed E-state index contributed by atoms with van der Waals surface area (Å²) in [6.45, 7) is 0.407. The van der Waals surface area contributed by atoms with Gasteiger partial charge in [0.1, 0.15) is 0 Å². The summed E-state index contributed by atoms with van der Waals surface area (Å²) in [6, 6.07) is 5.26. The summed E-state index contributed by atoms with van der Waals surface area (Å²) in [7, 11) is 5.29. The molecule has 0 aliphatic heterocycles. The Morgan fingerprint density at radius 2 is 2.00 bits per heavy atom. The van der Waals surface area contributed by atoms with Crippen molar-refractivity contribution in [1.29, 1.82) is 0 Å². The first-order valence-corrected chi connectivity index (χ1v) is 4.07. The zero-order valence-corrected chi connectivity index (χ0v) is 7.80. The number of alkyl halides is 3. The lowest BCUT2D eigenvalue weighted by atomic mass is 10.1. The Morgan fingerprint density at radius 3 is 2.50 bits per heavy atom. The zero-order chi connectivity index (χ0) is 10.8. The normalized spacial score (nSPS) is 12.1. The fourth-order valence-corrected chi connectivity index (χ4v) is 1.16. The Hall–Kier alpha value is -1.03. The molecule has 0 saturated carbocycles. The summed E-state index contributed by atoms with van der Waals surface area (Å²) in [4.78, 5) is 1.58. The topological polar surface area (TPSA) is 3.24 Å². The molecule has 78 valence electrons. The number of rotatable bonds is 2. The highest BCUT2D eigenvalue weighted by molar-refractivity contribution is 5.25. The van der Waals surface area contributed by atoms with Gasteiger partial charge in [-0.1, -0.05) is 18.2 Å². The highest BCUT2D eigenvalue weighted by Gasteiger charge is 2.30. The van der Waals surface area contributed by atoms with E-state index in [-0.39, 0.29) is 0 Å². The molecular weight excluding hydrogens is 191 g/mol. The summed E-state index contributed by atoms with van der Waals surface area (Å²) in [5, 5.41) is 0. The molecule has 0 amide bonds. The van der Waals surface area contributed by atoms with E-state index in [2.05, 4.69) is 7.05 Å². The molecule has 1 aromatic rings. The van der Waals surface area contributed by atoms with Crippen LogP contribution in [0.3, 0.4) is 0 Å². The molecule has 0 radical (unpaired) electrons. The van der Waals surface area contributed by atoms with Crippen molar-refractivity contribution in [3.63, 3.8) is 0 Å². The van der Waals surface area contributed by atoms with E-state index in [1.54, 1.807) is 18.0 Å². The molecule has 1 aromatic carbocycles. The van der Waals surface area contributed by atoms with Gasteiger partial charge >= 0.3 is 6.18 Å². The highest BCUT2D eigenvalue weighted by Crippen LogP contribution is 2.29. The average Bonchev–Trinajstić information content (AvgIpc) is 2.01. The van der Waals surface area contributed by atoms with E-state index in [9.17, 15) is 13.2 Å².